The van der Waals surface area contributed by atoms with Crippen LogP contribution in [0, 0.1) is 0 Å². The van der Waals surface area contributed by atoms with Crippen molar-refractivity contribution >= 4 is 29.2 Å². The predicted octanol–water partition coefficient (Wildman–Crippen LogP) is 3.35. The molecule has 0 radical (unpaired) electrons. The molecule has 2 heterocycles. The maximum Gasteiger partial charge on any atom is 0.319 e. The van der Waals surface area contributed by atoms with Crippen molar-refractivity contribution in [2.45, 2.75) is 64.6 Å². The number of amides is 3. The van der Waals surface area contributed by atoms with Gasteiger partial charge in [-0.05, 0) is 35.7 Å². The molecule has 2 aromatic rings. The molecule has 2 N–H and O–H groups in total. The van der Waals surface area contributed by atoms with Gasteiger partial charge in [-0.15, -0.1) is 0 Å². The van der Waals surface area contributed by atoms with E-state index in [9.17, 15) is 19.2 Å². The smallest absolute Gasteiger partial charge is 0.319 e. The fraction of sp³-hybridized carbons (Fsp3) is 0.400. The van der Waals surface area contributed by atoms with Gasteiger partial charge in [0.1, 0.15) is 5.78 Å². The number of hydrogen-bond acceptors (Lipinski definition) is 5. The third-order valence-corrected chi connectivity index (χ3v) is 6.06. The van der Waals surface area contributed by atoms with Crippen molar-refractivity contribution in [2.75, 3.05) is 5.32 Å². The van der Waals surface area contributed by atoms with Gasteiger partial charge in [0.2, 0.25) is 0 Å². The minimum Gasteiger partial charge on any atom is -0.334 e. The zero-order valence-corrected chi connectivity index (χ0v) is 19.1. The van der Waals surface area contributed by atoms with E-state index in [2.05, 4.69) is 36.4 Å². The summed E-state index contributed by atoms with van der Waals surface area (Å²) in [6.07, 6.45) is 2.25. The number of nitrogens with one attached hydrogen (secondary N) is 2. The second kappa shape index (κ2) is 8.77. The molecule has 8 heteroatoms. The first-order valence-electron chi connectivity index (χ1n) is 11.1. The summed E-state index contributed by atoms with van der Waals surface area (Å²) in [4.78, 5) is 55.0. The Morgan fingerprint density at radius 1 is 1.15 bits per heavy atom. The van der Waals surface area contributed by atoms with Crippen molar-refractivity contribution in [3.05, 3.63) is 58.9 Å². The van der Waals surface area contributed by atoms with E-state index in [0.717, 1.165) is 16.8 Å². The van der Waals surface area contributed by atoms with Gasteiger partial charge in [0.15, 0.2) is 5.78 Å². The van der Waals surface area contributed by atoms with E-state index in [1.54, 1.807) is 17.2 Å². The number of pyridine rings is 1. The number of hydrogen-bond donors (Lipinski definition) is 2. The van der Waals surface area contributed by atoms with E-state index in [1.165, 1.54) is 0 Å². The minimum absolute atomic E-state index is 0.0621. The third-order valence-electron chi connectivity index (χ3n) is 6.06. The second-order valence-corrected chi connectivity index (χ2v) is 9.65. The SMILES string of the molecule is CC(C)(C)c1ccc(NC(=O)NCc2ccc3c(c2)C(=O)N(C2CCC(=O)CC2=O)C3)cn1. The lowest BCUT2D eigenvalue weighted by Crippen LogP contribution is -2.44. The first-order chi connectivity index (χ1) is 15.6. The second-order valence-electron chi connectivity index (χ2n) is 9.65. The van der Waals surface area contributed by atoms with Crippen molar-refractivity contribution in [3.8, 4) is 0 Å². The van der Waals surface area contributed by atoms with E-state index in [1.807, 2.05) is 24.3 Å². The van der Waals surface area contributed by atoms with Gasteiger partial charge in [0.05, 0.1) is 24.3 Å². The normalized spacial score (nSPS) is 18.3. The molecule has 1 unspecified atom stereocenters. The van der Waals surface area contributed by atoms with Gasteiger partial charge in [-0.2, -0.15) is 0 Å². The lowest BCUT2D eigenvalue weighted by atomic mass is 9.92. The fourth-order valence-corrected chi connectivity index (χ4v) is 4.19. The summed E-state index contributed by atoms with van der Waals surface area (Å²) in [7, 11) is 0. The van der Waals surface area contributed by atoms with Crippen LogP contribution in [0.5, 0.6) is 0 Å². The largest absolute Gasteiger partial charge is 0.334 e. The van der Waals surface area contributed by atoms with Gasteiger partial charge in [-0.3, -0.25) is 19.4 Å². The summed E-state index contributed by atoms with van der Waals surface area (Å²) in [6.45, 7) is 6.83. The number of aromatic nitrogens is 1. The Bertz CT molecular complexity index is 1120. The first-order valence-corrected chi connectivity index (χ1v) is 11.1. The lowest BCUT2D eigenvalue weighted by molar-refractivity contribution is -0.133. The van der Waals surface area contributed by atoms with Crippen molar-refractivity contribution in [1.82, 2.24) is 15.2 Å². The molecule has 2 aliphatic rings. The molecule has 1 aliphatic heterocycles. The number of rotatable bonds is 4. The van der Waals surface area contributed by atoms with Crippen molar-refractivity contribution in [3.63, 3.8) is 0 Å². The molecule has 33 heavy (non-hydrogen) atoms. The van der Waals surface area contributed by atoms with E-state index in [4.69, 9.17) is 0 Å². The van der Waals surface area contributed by atoms with Crippen LogP contribution in [0.3, 0.4) is 0 Å². The molecule has 0 saturated heterocycles. The molecule has 8 nitrogen and oxygen atoms in total. The maximum atomic E-state index is 12.9. The Morgan fingerprint density at radius 2 is 1.94 bits per heavy atom. The molecular weight excluding hydrogens is 420 g/mol. The maximum absolute atomic E-state index is 12.9. The van der Waals surface area contributed by atoms with Crippen LogP contribution in [0.4, 0.5) is 10.5 Å². The molecular formula is C25H28N4O4. The standard InChI is InChI=1S/C25H28N4O4/c1-25(2,3)22-9-6-17(13-26-22)28-24(33)27-12-15-4-5-16-14-29(23(32)19(16)10-15)20-8-7-18(30)11-21(20)31/h4-6,9-10,13,20H,7-8,11-12,14H2,1-3H3,(H2,27,28,33). The molecule has 172 valence electrons. The summed E-state index contributed by atoms with van der Waals surface area (Å²) >= 11 is 0. The van der Waals surface area contributed by atoms with Crippen LogP contribution in [-0.4, -0.2) is 39.4 Å². The van der Waals surface area contributed by atoms with Crippen molar-refractivity contribution in [1.29, 1.82) is 0 Å². The first kappa shape index (κ1) is 22.6. The van der Waals surface area contributed by atoms with E-state index in [0.29, 0.717) is 30.6 Å². The molecule has 4 rings (SSSR count). The molecule has 1 aliphatic carbocycles. The number of carbonyl (C=O) groups excluding carboxylic acids is 4. The van der Waals surface area contributed by atoms with Gasteiger partial charge in [-0.1, -0.05) is 32.9 Å². The van der Waals surface area contributed by atoms with Gasteiger partial charge in [0, 0.05) is 36.2 Å². The zero-order chi connectivity index (χ0) is 23.8. The average Bonchev–Trinajstić information content (AvgIpc) is 3.08. The number of anilines is 1. The van der Waals surface area contributed by atoms with Crippen LogP contribution < -0.4 is 10.6 Å². The topological polar surface area (TPSA) is 108 Å². The summed E-state index contributed by atoms with van der Waals surface area (Å²) < 4.78 is 0. The molecule has 1 fully saturated rings. The highest BCUT2D eigenvalue weighted by Crippen LogP contribution is 2.29. The quantitative estimate of drug-likeness (QED) is 0.698. The Labute approximate surface area is 192 Å². The van der Waals surface area contributed by atoms with Gasteiger partial charge >= 0.3 is 6.03 Å². The molecule has 3 amide bonds. The van der Waals surface area contributed by atoms with E-state index < -0.39 is 6.04 Å². The van der Waals surface area contributed by atoms with E-state index >= 15 is 0 Å². The highest BCUT2D eigenvalue weighted by Gasteiger charge is 2.38. The summed E-state index contributed by atoms with van der Waals surface area (Å²) in [5.41, 5.74) is 3.64. The number of nitrogens with zero attached hydrogens (tertiary/aromatic N) is 2. The average molecular weight is 449 g/mol. The van der Waals surface area contributed by atoms with Gasteiger partial charge in [-0.25, -0.2) is 4.79 Å². The summed E-state index contributed by atoms with van der Waals surface area (Å²) in [6, 6.07) is 8.28. The number of Topliss-reactive ketones (excluding diaryl/α,β-unsaturated/α-hetero) is 2. The van der Waals surface area contributed by atoms with Gasteiger partial charge < -0.3 is 15.5 Å². The zero-order valence-electron chi connectivity index (χ0n) is 19.1. The number of urea groups is 1. The number of carbonyl (C=O) groups is 4. The van der Waals surface area contributed by atoms with Crippen LogP contribution in [0.15, 0.2) is 36.5 Å². The number of ketones is 2. The highest BCUT2D eigenvalue weighted by molar-refractivity contribution is 6.07. The van der Waals surface area contributed by atoms with Crippen LogP contribution in [0.25, 0.3) is 0 Å². The Balaban J connectivity index is 1.35. The Kier molecular flexibility index (Phi) is 6.01. The Hall–Kier alpha value is -3.55. The van der Waals surface area contributed by atoms with Crippen LogP contribution in [-0.2, 0) is 28.1 Å². The molecule has 1 saturated carbocycles. The fourth-order valence-electron chi connectivity index (χ4n) is 4.19. The molecule has 1 aromatic carbocycles. The van der Waals surface area contributed by atoms with E-state index in [-0.39, 0.29) is 41.9 Å². The molecule has 0 bridgehead atoms. The molecule has 0 spiro atoms. The highest BCUT2D eigenvalue weighted by atomic mass is 16.2. The minimum atomic E-state index is -0.534. The van der Waals surface area contributed by atoms with Crippen molar-refractivity contribution < 1.29 is 19.2 Å². The van der Waals surface area contributed by atoms with Crippen LogP contribution in [0.2, 0.25) is 0 Å². The monoisotopic (exact) mass is 448 g/mol. The molecule has 1 atom stereocenters. The Morgan fingerprint density at radius 3 is 2.61 bits per heavy atom. The number of fused-ring (bicyclic) bond motifs is 1. The lowest BCUT2D eigenvalue weighted by Gasteiger charge is -2.29. The number of benzene rings is 1. The van der Waals surface area contributed by atoms with Crippen LogP contribution in [0.1, 0.15) is 67.2 Å². The summed E-state index contributed by atoms with van der Waals surface area (Å²) in [5.74, 6) is -0.446. The predicted molar refractivity (Wildman–Crippen MR) is 123 cm³/mol. The van der Waals surface area contributed by atoms with Crippen LogP contribution >= 0.6 is 0 Å². The van der Waals surface area contributed by atoms with Crippen molar-refractivity contribution in [2.24, 2.45) is 0 Å². The third kappa shape index (κ3) is 4.94. The van der Waals surface area contributed by atoms with Gasteiger partial charge in [0.25, 0.3) is 5.91 Å². The molecule has 1 aromatic heterocycles. The summed E-state index contributed by atoms with van der Waals surface area (Å²) in [5, 5.41) is 5.55.